The average molecular weight is 160 g/mol. The maximum absolute atomic E-state index is 3.52. The molecule has 1 saturated heterocycles. The van der Waals surface area contributed by atoms with Crippen LogP contribution >= 0.6 is 0 Å². The van der Waals surface area contributed by atoms with Gasteiger partial charge in [-0.15, -0.1) is 0 Å². The summed E-state index contributed by atoms with van der Waals surface area (Å²) in [6, 6.07) is 11.9. The van der Waals surface area contributed by atoms with Crippen LogP contribution in [0, 0.1) is 6.07 Å². The summed E-state index contributed by atoms with van der Waals surface area (Å²) in [5.41, 5.74) is 1.41. The van der Waals surface area contributed by atoms with E-state index in [1.807, 2.05) is 12.1 Å². The molecule has 2 rings (SSSR count). The fourth-order valence-electron chi connectivity index (χ4n) is 1.77. The molecule has 1 heterocycles. The molecule has 0 unspecified atom stereocenters. The summed E-state index contributed by atoms with van der Waals surface area (Å²) >= 11 is 0. The molecule has 0 amide bonds. The Labute approximate surface area is 73.8 Å². The van der Waals surface area contributed by atoms with Gasteiger partial charge in [-0.1, -0.05) is 30.7 Å². The van der Waals surface area contributed by atoms with Gasteiger partial charge < -0.3 is 5.32 Å². The summed E-state index contributed by atoms with van der Waals surface area (Å²) < 4.78 is 0. The van der Waals surface area contributed by atoms with Crippen molar-refractivity contribution in [2.24, 2.45) is 0 Å². The van der Waals surface area contributed by atoms with Crippen LogP contribution in [0.15, 0.2) is 24.3 Å². The number of nitrogens with one attached hydrogen (secondary N) is 1. The quantitative estimate of drug-likeness (QED) is 0.664. The van der Waals surface area contributed by atoms with Gasteiger partial charge in [0.2, 0.25) is 0 Å². The largest absolute Gasteiger partial charge is 0.310 e. The van der Waals surface area contributed by atoms with Crippen LogP contribution in [0.1, 0.15) is 30.9 Å². The molecule has 1 fully saturated rings. The summed E-state index contributed by atoms with van der Waals surface area (Å²) in [5, 5.41) is 3.52. The Balaban J connectivity index is 2.08. The number of rotatable bonds is 1. The summed E-state index contributed by atoms with van der Waals surface area (Å²) in [5.74, 6) is 0. The van der Waals surface area contributed by atoms with Crippen molar-refractivity contribution in [3.05, 3.63) is 35.9 Å². The Bertz CT molecular complexity index is 224. The van der Waals surface area contributed by atoms with Gasteiger partial charge in [0.05, 0.1) is 0 Å². The number of hydrogen-bond donors (Lipinski definition) is 1. The number of hydrogen-bond acceptors (Lipinski definition) is 1. The van der Waals surface area contributed by atoms with E-state index in [0.717, 1.165) is 0 Å². The van der Waals surface area contributed by atoms with Gasteiger partial charge in [-0.2, -0.15) is 0 Å². The maximum Gasteiger partial charge on any atom is 0.0320 e. The molecule has 0 bridgehead atoms. The van der Waals surface area contributed by atoms with Crippen LogP contribution < -0.4 is 5.32 Å². The van der Waals surface area contributed by atoms with Crippen molar-refractivity contribution in [3.63, 3.8) is 0 Å². The Kier molecular flexibility index (Phi) is 2.42. The highest BCUT2D eigenvalue weighted by molar-refractivity contribution is 5.18. The molecule has 0 aliphatic carbocycles. The van der Waals surface area contributed by atoms with Crippen molar-refractivity contribution < 1.29 is 0 Å². The van der Waals surface area contributed by atoms with Gasteiger partial charge in [-0.05, 0) is 31.0 Å². The van der Waals surface area contributed by atoms with E-state index in [9.17, 15) is 0 Å². The molecule has 1 nitrogen and oxygen atoms in total. The second-order valence-corrected chi connectivity index (χ2v) is 3.34. The lowest BCUT2D eigenvalue weighted by molar-refractivity contribution is 0.412. The van der Waals surface area contributed by atoms with Crippen molar-refractivity contribution in [1.82, 2.24) is 5.32 Å². The molecular formula is C11H14N. The standard InChI is InChI=1S/C11H14N/c1-2-6-10(7-3-1)11-8-4-5-9-12-11/h2-3,6-7,11-12H,4-5,8-9H2/t11-/m0/s1. The lowest BCUT2D eigenvalue weighted by atomic mass is 9.98. The molecule has 1 aliphatic rings. The Hall–Kier alpha value is -0.820. The first-order valence-electron chi connectivity index (χ1n) is 4.66. The SMILES string of the molecule is [c]1ccc([C@@H]2CCCCN2)cc1. The van der Waals surface area contributed by atoms with E-state index in [1.54, 1.807) is 0 Å². The number of piperidine rings is 1. The third kappa shape index (κ3) is 1.67. The molecule has 0 spiro atoms. The van der Waals surface area contributed by atoms with Crippen LogP contribution in [0.3, 0.4) is 0 Å². The Morgan fingerprint density at radius 1 is 1.25 bits per heavy atom. The first-order valence-corrected chi connectivity index (χ1v) is 4.66. The zero-order valence-corrected chi connectivity index (χ0v) is 7.22. The molecular weight excluding hydrogens is 146 g/mol. The van der Waals surface area contributed by atoms with E-state index in [4.69, 9.17) is 0 Å². The molecule has 1 radical (unpaired) electrons. The van der Waals surface area contributed by atoms with E-state index < -0.39 is 0 Å². The molecule has 1 atom stereocenters. The van der Waals surface area contributed by atoms with Gasteiger partial charge in [-0.3, -0.25) is 0 Å². The number of benzene rings is 1. The second-order valence-electron chi connectivity index (χ2n) is 3.34. The molecule has 0 aromatic heterocycles. The van der Waals surface area contributed by atoms with Gasteiger partial charge in [0.15, 0.2) is 0 Å². The van der Waals surface area contributed by atoms with Gasteiger partial charge in [-0.25, -0.2) is 0 Å². The molecule has 1 aliphatic heterocycles. The first kappa shape index (κ1) is 7.81. The predicted octanol–water partition coefficient (Wildman–Crippen LogP) is 2.30. The second kappa shape index (κ2) is 3.72. The summed E-state index contributed by atoms with van der Waals surface area (Å²) in [7, 11) is 0. The van der Waals surface area contributed by atoms with Crippen molar-refractivity contribution in [1.29, 1.82) is 0 Å². The molecule has 12 heavy (non-hydrogen) atoms. The van der Waals surface area contributed by atoms with Gasteiger partial charge in [0.1, 0.15) is 0 Å². The van der Waals surface area contributed by atoms with Crippen molar-refractivity contribution in [3.8, 4) is 0 Å². The van der Waals surface area contributed by atoms with E-state index in [2.05, 4.69) is 23.5 Å². The molecule has 0 saturated carbocycles. The Morgan fingerprint density at radius 2 is 2.08 bits per heavy atom. The maximum atomic E-state index is 3.52. The zero-order chi connectivity index (χ0) is 8.23. The molecule has 1 heteroatoms. The zero-order valence-electron chi connectivity index (χ0n) is 7.22. The minimum Gasteiger partial charge on any atom is -0.310 e. The van der Waals surface area contributed by atoms with E-state index in [0.29, 0.717) is 6.04 Å². The van der Waals surface area contributed by atoms with Crippen molar-refractivity contribution >= 4 is 0 Å². The topological polar surface area (TPSA) is 12.0 Å². The lowest BCUT2D eigenvalue weighted by Crippen LogP contribution is -2.26. The molecule has 1 aromatic carbocycles. The van der Waals surface area contributed by atoms with E-state index >= 15 is 0 Å². The van der Waals surface area contributed by atoms with Gasteiger partial charge in [0, 0.05) is 6.04 Å². The molecule has 1 aromatic rings. The van der Waals surface area contributed by atoms with Crippen LogP contribution in [0.5, 0.6) is 0 Å². The first-order chi connectivity index (χ1) is 5.97. The smallest absolute Gasteiger partial charge is 0.0320 e. The fourth-order valence-corrected chi connectivity index (χ4v) is 1.77. The summed E-state index contributed by atoms with van der Waals surface area (Å²) in [6.45, 7) is 1.17. The van der Waals surface area contributed by atoms with Crippen LogP contribution in [-0.4, -0.2) is 6.54 Å². The molecule has 63 valence electrons. The monoisotopic (exact) mass is 160 g/mol. The van der Waals surface area contributed by atoms with Gasteiger partial charge in [0.25, 0.3) is 0 Å². The van der Waals surface area contributed by atoms with Crippen LogP contribution in [0.4, 0.5) is 0 Å². The highest BCUT2D eigenvalue weighted by Gasteiger charge is 2.13. The summed E-state index contributed by atoms with van der Waals surface area (Å²) in [4.78, 5) is 0. The minimum absolute atomic E-state index is 0.591. The van der Waals surface area contributed by atoms with Gasteiger partial charge >= 0.3 is 0 Å². The van der Waals surface area contributed by atoms with Crippen LogP contribution in [0.25, 0.3) is 0 Å². The highest BCUT2D eigenvalue weighted by Crippen LogP contribution is 2.21. The Morgan fingerprint density at radius 3 is 2.75 bits per heavy atom. The highest BCUT2D eigenvalue weighted by atomic mass is 14.9. The normalized spacial score (nSPS) is 23.8. The molecule has 1 N–H and O–H groups in total. The average Bonchev–Trinajstić information content (AvgIpc) is 2.21. The van der Waals surface area contributed by atoms with Crippen molar-refractivity contribution in [2.45, 2.75) is 25.3 Å². The summed E-state index contributed by atoms with van der Waals surface area (Å²) in [6.07, 6.45) is 3.97. The van der Waals surface area contributed by atoms with E-state index in [1.165, 1.54) is 31.4 Å². The van der Waals surface area contributed by atoms with Crippen molar-refractivity contribution in [2.75, 3.05) is 6.54 Å². The third-order valence-corrected chi connectivity index (χ3v) is 2.46. The van der Waals surface area contributed by atoms with Crippen LogP contribution in [0.2, 0.25) is 0 Å². The lowest BCUT2D eigenvalue weighted by Gasteiger charge is -2.23. The fraction of sp³-hybridized carbons (Fsp3) is 0.455. The third-order valence-electron chi connectivity index (χ3n) is 2.46. The minimum atomic E-state index is 0.591. The predicted molar refractivity (Wildman–Crippen MR) is 49.9 cm³/mol. The van der Waals surface area contributed by atoms with E-state index in [-0.39, 0.29) is 0 Å². The van der Waals surface area contributed by atoms with Crippen LogP contribution in [-0.2, 0) is 0 Å².